The van der Waals surface area contributed by atoms with Crippen molar-refractivity contribution in [1.82, 2.24) is 15.5 Å². The van der Waals surface area contributed by atoms with Crippen molar-refractivity contribution in [2.24, 2.45) is 11.3 Å². The molecule has 1 heterocycles. The molecule has 11 nitrogen and oxygen atoms in total. The van der Waals surface area contributed by atoms with Crippen LogP contribution in [0.1, 0.15) is 63.7 Å². The van der Waals surface area contributed by atoms with Gasteiger partial charge in [-0.1, -0.05) is 32.4 Å². The zero-order chi connectivity index (χ0) is 28.4. The number of anilines is 1. The summed E-state index contributed by atoms with van der Waals surface area (Å²) in [5.41, 5.74) is -1.43. The number of rotatable bonds is 9. The van der Waals surface area contributed by atoms with Crippen molar-refractivity contribution < 1.29 is 33.9 Å². The van der Waals surface area contributed by atoms with Gasteiger partial charge in [-0.15, -0.1) is 0 Å². The molecule has 1 saturated heterocycles. The van der Waals surface area contributed by atoms with Gasteiger partial charge in [-0.3, -0.25) is 24.0 Å². The summed E-state index contributed by atoms with van der Waals surface area (Å²) in [4.78, 5) is 75.7. The third-order valence-corrected chi connectivity index (χ3v) is 7.36. The fraction of sp³-hybridized carbons (Fsp3) is 0.538. The standard InChI is InChI=1S/C26H33ClN4O7/c1-14(33)28-19-6-5-16(9-18(19)27)22(36)30-21(25(2,3)4)23(37)31-12-15-7-8-26(31,11-15)24(38)29-17(13-32)10-20(34)35/h5-6,9,13,15,17,21H,7-8,10-12H2,1-4H3,(H,28,33)(H,29,38)(H,30,36)(H,34,35)/t15-,17+,21-,26+/m1/s1. The molecular formula is C26H33ClN4O7. The minimum absolute atomic E-state index is 0.0790. The molecule has 1 aliphatic carbocycles. The van der Waals surface area contributed by atoms with E-state index < -0.39 is 53.1 Å². The second kappa shape index (κ2) is 11.1. The molecule has 1 saturated carbocycles. The lowest BCUT2D eigenvalue weighted by Gasteiger charge is -2.42. The van der Waals surface area contributed by atoms with E-state index in [-0.39, 0.29) is 22.4 Å². The quantitative estimate of drug-likeness (QED) is 0.343. The van der Waals surface area contributed by atoms with Crippen molar-refractivity contribution in [1.29, 1.82) is 0 Å². The van der Waals surface area contributed by atoms with E-state index in [0.29, 0.717) is 37.8 Å². The third kappa shape index (κ3) is 6.15. The number of nitrogens with zero attached hydrogens (tertiary/aromatic N) is 1. The van der Waals surface area contributed by atoms with Crippen LogP contribution in [-0.4, -0.2) is 70.1 Å². The fourth-order valence-corrected chi connectivity index (χ4v) is 5.41. The average molecular weight is 549 g/mol. The number of carbonyl (C=O) groups excluding carboxylic acids is 5. The molecule has 0 radical (unpaired) electrons. The molecule has 3 rings (SSSR count). The Morgan fingerprint density at radius 1 is 1.21 bits per heavy atom. The highest BCUT2D eigenvalue weighted by atomic mass is 35.5. The zero-order valence-electron chi connectivity index (χ0n) is 21.8. The maximum absolute atomic E-state index is 13.9. The first-order valence-corrected chi connectivity index (χ1v) is 12.7. The van der Waals surface area contributed by atoms with Crippen molar-refractivity contribution in [3.05, 3.63) is 28.8 Å². The predicted octanol–water partition coefficient (Wildman–Crippen LogP) is 1.98. The number of amides is 4. The monoisotopic (exact) mass is 548 g/mol. The molecule has 0 spiro atoms. The summed E-state index contributed by atoms with van der Waals surface area (Å²) in [6.45, 7) is 7.02. The van der Waals surface area contributed by atoms with Gasteiger partial charge in [-0.2, -0.15) is 0 Å². The van der Waals surface area contributed by atoms with Crippen LogP contribution in [0.5, 0.6) is 0 Å². The van der Waals surface area contributed by atoms with Gasteiger partial charge in [-0.05, 0) is 48.8 Å². The molecule has 2 fully saturated rings. The van der Waals surface area contributed by atoms with Gasteiger partial charge in [0.1, 0.15) is 17.9 Å². The smallest absolute Gasteiger partial charge is 0.305 e. The van der Waals surface area contributed by atoms with E-state index in [9.17, 15) is 28.8 Å². The Balaban J connectivity index is 1.84. The third-order valence-electron chi connectivity index (χ3n) is 7.04. The van der Waals surface area contributed by atoms with E-state index >= 15 is 0 Å². The van der Waals surface area contributed by atoms with Gasteiger partial charge in [0, 0.05) is 19.0 Å². The lowest BCUT2D eigenvalue weighted by atomic mass is 9.84. The van der Waals surface area contributed by atoms with Crippen molar-refractivity contribution in [2.45, 2.75) is 71.0 Å². The molecule has 2 bridgehead atoms. The molecule has 206 valence electrons. The minimum atomic E-state index is -1.23. The molecule has 1 aromatic carbocycles. The van der Waals surface area contributed by atoms with Crippen molar-refractivity contribution >= 4 is 53.2 Å². The molecule has 38 heavy (non-hydrogen) atoms. The largest absolute Gasteiger partial charge is 0.481 e. The first-order valence-electron chi connectivity index (χ1n) is 12.4. The predicted molar refractivity (Wildman–Crippen MR) is 138 cm³/mol. The highest BCUT2D eigenvalue weighted by Crippen LogP contribution is 2.47. The number of likely N-dealkylation sites (tertiary alicyclic amines) is 1. The van der Waals surface area contributed by atoms with Crippen LogP contribution in [0.3, 0.4) is 0 Å². The first-order chi connectivity index (χ1) is 17.7. The number of carbonyl (C=O) groups is 6. The van der Waals surface area contributed by atoms with Gasteiger partial charge in [0.2, 0.25) is 17.7 Å². The SMILES string of the molecule is CC(=O)Nc1ccc(C(=O)N[C@H](C(=O)N2C[C@@H]3CC[C@@]2(C(=O)N[C@H](C=O)CC(=O)O)C3)C(C)(C)C)cc1Cl. The Kier molecular flexibility index (Phi) is 8.50. The van der Waals surface area contributed by atoms with Crippen LogP contribution in [0.2, 0.25) is 5.02 Å². The number of carboxylic acid groups (broad SMARTS) is 1. The second-order valence-electron chi connectivity index (χ2n) is 11.1. The Morgan fingerprint density at radius 3 is 2.42 bits per heavy atom. The fourth-order valence-electron chi connectivity index (χ4n) is 5.18. The number of aliphatic carboxylic acids is 1. The van der Waals surface area contributed by atoms with E-state index in [1.165, 1.54) is 30.0 Å². The summed E-state index contributed by atoms with van der Waals surface area (Å²) in [6.07, 6.45) is 1.30. The Hall–Kier alpha value is -3.47. The van der Waals surface area contributed by atoms with Gasteiger partial charge < -0.3 is 30.8 Å². The Labute approximate surface area is 225 Å². The zero-order valence-corrected chi connectivity index (χ0v) is 22.6. The summed E-state index contributed by atoms with van der Waals surface area (Å²) < 4.78 is 0. The first kappa shape index (κ1) is 29.1. The van der Waals surface area contributed by atoms with Gasteiger partial charge in [0.15, 0.2) is 0 Å². The van der Waals surface area contributed by atoms with Crippen LogP contribution >= 0.6 is 11.6 Å². The lowest BCUT2D eigenvalue weighted by molar-refractivity contribution is -0.150. The summed E-state index contributed by atoms with van der Waals surface area (Å²) in [6, 6.07) is 2.14. The average Bonchev–Trinajstić information content (AvgIpc) is 3.42. The normalized spacial score (nSPS) is 21.8. The molecule has 12 heteroatoms. The van der Waals surface area contributed by atoms with Crippen LogP contribution in [0, 0.1) is 11.3 Å². The van der Waals surface area contributed by atoms with Crippen molar-refractivity contribution in [2.75, 3.05) is 11.9 Å². The number of fused-ring (bicyclic) bond motifs is 2. The summed E-state index contributed by atoms with van der Waals surface area (Å²) in [5.74, 6) is -3.03. The molecule has 4 amide bonds. The summed E-state index contributed by atoms with van der Waals surface area (Å²) in [7, 11) is 0. The van der Waals surface area contributed by atoms with Crippen molar-refractivity contribution in [3.63, 3.8) is 0 Å². The van der Waals surface area contributed by atoms with E-state index in [1.807, 2.05) is 0 Å². The Bertz CT molecular complexity index is 1160. The van der Waals surface area contributed by atoms with Gasteiger partial charge >= 0.3 is 5.97 Å². The van der Waals surface area contributed by atoms with Gasteiger partial charge in [0.25, 0.3) is 5.91 Å². The Morgan fingerprint density at radius 2 is 1.89 bits per heavy atom. The molecule has 4 N–H and O–H groups in total. The molecule has 2 aliphatic rings. The van der Waals surface area contributed by atoms with Crippen LogP contribution in [0.15, 0.2) is 18.2 Å². The van der Waals surface area contributed by atoms with Gasteiger partial charge in [-0.25, -0.2) is 0 Å². The highest BCUT2D eigenvalue weighted by Gasteiger charge is 2.59. The second-order valence-corrected chi connectivity index (χ2v) is 11.5. The molecule has 1 aliphatic heterocycles. The maximum Gasteiger partial charge on any atom is 0.305 e. The van der Waals surface area contributed by atoms with Crippen LogP contribution < -0.4 is 16.0 Å². The number of hydrogen-bond acceptors (Lipinski definition) is 6. The van der Waals surface area contributed by atoms with E-state index in [2.05, 4.69) is 16.0 Å². The number of aldehydes is 1. The number of benzene rings is 1. The lowest BCUT2D eigenvalue weighted by Crippen LogP contribution is -2.64. The number of halogens is 1. The van der Waals surface area contributed by atoms with E-state index in [4.69, 9.17) is 16.7 Å². The number of nitrogens with one attached hydrogen (secondary N) is 3. The van der Waals surface area contributed by atoms with E-state index in [1.54, 1.807) is 20.8 Å². The van der Waals surface area contributed by atoms with E-state index in [0.717, 1.165) is 0 Å². The molecule has 0 unspecified atom stereocenters. The molecular weight excluding hydrogens is 516 g/mol. The summed E-state index contributed by atoms with van der Waals surface area (Å²) in [5, 5.41) is 17.0. The molecule has 1 aromatic rings. The number of carboxylic acids is 1. The molecule has 4 atom stereocenters. The van der Waals surface area contributed by atoms with Crippen LogP contribution in [0.25, 0.3) is 0 Å². The number of piperidine rings is 1. The summed E-state index contributed by atoms with van der Waals surface area (Å²) >= 11 is 6.22. The topological polar surface area (TPSA) is 162 Å². The van der Waals surface area contributed by atoms with Crippen LogP contribution in [-0.2, 0) is 24.0 Å². The molecule has 0 aromatic heterocycles. The van der Waals surface area contributed by atoms with Crippen LogP contribution in [0.4, 0.5) is 5.69 Å². The van der Waals surface area contributed by atoms with Crippen molar-refractivity contribution in [3.8, 4) is 0 Å². The minimum Gasteiger partial charge on any atom is -0.481 e. The number of hydrogen-bond donors (Lipinski definition) is 4. The maximum atomic E-state index is 13.9. The van der Waals surface area contributed by atoms with Gasteiger partial charge in [0.05, 0.1) is 23.2 Å². The highest BCUT2D eigenvalue weighted by molar-refractivity contribution is 6.34.